The lowest BCUT2D eigenvalue weighted by Crippen LogP contribution is -3.00. The number of piperazine rings is 1. The van der Waals surface area contributed by atoms with Gasteiger partial charge in [-0.1, -0.05) is 13.8 Å². The van der Waals surface area contributed by atoms with Crippen LogP contribution in [0.15, 0.2) is 0 Å². The highest BCUT2D eigenvalue weighted by atomic mass is 79.9. The summed E-state index contributed by atoms with van der Waals surface area (Å²) < 4.78 is 7.37. The molecule has 0 amide bonds. The molecule has 8 heteroatoms. The minimum atomic E-state index is -0.241. The monoisotopic (exact) mass is 625 g/mol. The number of esters is 1. The van der Waals surface area contributed by atoms with Crippen molar-refractivity contribution in [2.75, 3.05) is 53.4 Å². The Hall–Kier alpha value is -0.250. The van der Waals surface area contributed by atoms with Crippen LogP contribution in [0.2, 0.25) is 0 Å². The summed E-state index contributed by atoms with van der Waals surface area (Å²) in [6, 6.07) is 0.569. The van der Waals surface area contributed by atoms with E-state index in [-0.39, 0.29) is 58.1 Å². The average molecular weight is 627 g/mol. The maximum absolute atomic E-state index is 12.4. The third kappa shape index (κ3) is 5.34. The number of nitrogens with zero attached hydrogens (tertiary/aromatic N) is 3. The molecule has 0 aromatic carbocycles. The fraction of sp³-hybridized carbons (Fsp3) is 0.969. The van der Waals surface area contributed by atoms with Crippen molar-refractivity contribution >= 4 is 5.97 Å². The first-order valence-corrected chi connectivity index (χ1v) is 16.2. The number of ether oxygens (including phenoxy) is 1. The van der Waals surface area contributed by atoms with Gasteiger partial charge in [0, 0.05) is 50.6 Å². The van der Waals surface area contributed by atoms with Crippen LogP contribution >= 0.6 is 0 Å². The first kappa shape index (κ1) is 31.2. The smallest absolute Gasteiger partial charge is 0.302 e. The molecular weight excluding hydrogens is 570 g/mol. The molecule has 7 nitrogen and oxygen atoms in total. The quantitative estimate of drug-likeness (QED) is 0.343. The first-order chi connectivity index (χ1) is 18.4. The van der Waals surface area contributed by atoms with Gasteiger partial charge in [-0.15, -0.1) is 0 Å². The van der Waals surface area contributed by atoms with E-state index in [4.69, 9.17) is 4.74 Å². The van der Waals surface area contributed by atoms with E-state index >= 15 is 0 Å². The van der Waals surface area contributed by atoms with E-state index in [9.17, 15) is 15.0 Å². The summed E-state index contributed by atoms with van der Waals surface area (Å²) in [6.45, 7) is 13.0. The topological polar surface area (TPSA) is 73.2 Å². The van der Waals surface area contributed by atoms with Crippen LogP contribution in [-0.2, 0) is 9.53 Å². The van der Waals surface area contributed by atoms with E-state index in [2.05, 4.69) is 37.7 Å². The van der Waals surface area contributed by atoms with Gasteiger partial charge < -0.3 is 36.4 Å². The highest BCUT2D eigenvalue weighted by molar-refractivity contribution is 5.66. The number of rotatable bonds is 3. The molecule has 2 aliphatic heterocycles. The molecule has 0 bridgehead atoms. The van der Waals surface area contributed by atoms with E-state index in [0.29, 0.717) is 29.7 Å². The number of likely N-dealkylation sites (tertiary alicyclic amines) is 1. The van der Waals surface area contributed by atoms with Crippen LogP contribution in [0.25, 0.3) is 0 Å². The van der Waals surface area contributed by atoms with Gasteiger partial charge in [-0.05, 0) is 86.9 Å². The predicted octanol–water partition coefficient (Wildman–Crippen LogP) is 0.131. The number of carbonyl (C=O) groups excluding carboxylic acids is 1. The molecule has 4 aliphatic carbocycles. The Morgan fingerprint density at radius 1 is 0.850 bits per heavy atom. The first-order valence-electron chi connectivity index (χ1n) is 16.2. The maximum Gasteiger partial charge on any atom is 0.302 e. The van der Waals surface area contributed by atoms with Gasteiger partial charge >= 0.3 is 5.97 Å². The fourth-order valence-electron chi connectivity index (χ4n) is 10.9. The largest absolute Gasteiger partial charge is 1.00 e. The minimum Gasteiger partial charge on any atom is -1.00 e. The second-order valence-electron chi connectivity index (χ2n) is 15.8. The SMILES string of the molecule is CC(=O)OC1C(N2CC[N+](C)(C)CC2)C[C@H]2[C@@H]3CCC4CC(O)C(N5CCC(O)CC5)C[C@]4(C)[C@@H]3CC[C@]12C.[Br-]. The number of hydrogen-bond acceptors (Lipinski definition) is 6. The Labute approximate surface area is 253 Å². The molecule has 0 radical (unpaired) electrons. The van der Waals surface area contributed by atoms with Crippen molar-refractivity contribution in [1.29, 1.82) is 0 Å². The zero-order valence-electron chi connectivity index (χ0n) is 25.7. The van der Waals surface area contributed by atoms with Crippen LogP contribution in [0.3, 0.4) is 0 Å². The summed E-state index contributed by atoms with van der Waals surface area (Å²) in [4.78, 5) is 17.6. The van der Waals surface area contributed by atoms with Crippen LogP contribution in [-0.4, -0.2) is 114 Å². The number of aliphatic hydroxyl groups excluding tert-OH is 2. The van der Waals surface area contributed by atoms with Gasteiger partial charge in [0.2, 0.25) is 0 Å². The molecule has 6 rings (SSSR count). The summed E-state index contributed by atoms with van der Waals surface area (Å²) in [5.74, 6) is 2.46. The average Bonchev–Trinajstić information content (AvgIpc) is 3.16. The van der Waals surface area contributed by atoms with Gasteiger partial charge in [-0.25, -0.2) is 0 Å². The lowest BCUT2D eigenvalue weighted by atomic mass is 9.44. The van der Waals surface area contributed by atoms with Crippen LogP contribution < -0.4 is 17.0 Å². The van der Waals surface area contributed by atoms with Crippen LogP contribution in [0.5, 0.6) is 0 Å². The molecule has 6 aliphatic rings. The molecule has 40 heavy (non-hydrogen) atoms. The lowest BCUT2D eigenvalue weighted by molar-refractivity contribution is -0.894. The number of hydrogen-bond donors (Lipinski definition) is 2. The second kappa shape index (κ2) is 11.4. The predicted molar refractivity (Wildman–Crippen MR) is 152 cm³/mol. The number of aliphatic hydroxyl groups is 2. The number of fused-ring (bicyclic) bond motifs is 5. The molecule has 0 spiro atoms. The van der Waals surface area contributed by atoms with Crippen molar-refractivity contribution in [3.63, 3.8) is 0 Å². The van der Waals surface area contributed by atoms with Gasteiger partial charge in [0.25, 0.3) is 0 Å². The molecular formula is C32H56BrN3O4. The molecule has 10 atom stereocenters. The molecule has 230 valence electrons. The van der Waals surface area contributed by atoms with E-state index in [1.807, 2.05) is 0 Å². The maximum atomic E-state index is 12.4. The van der Waals surface area contributed by atoms with Gasteiger partial charge in [-0.3, -0.25) is 14.6 Å². The normalized spacial score (nSPS) is 47.9. The molecule has 2 saturated heterocycles. The summed E-state index contributed by atoms with van der Waals surface area (Å²) in [7, 11) is 4.67. The summed E-state index contributed by atoms with van der Waals surface area (Å²) in [6.07, 6.45) is 9.31. The van der Waals surface area contributed by atoms with Crippen molar-refractivity contribution in [1.82, 2.24) is 9.80 Å². The van der Waals surface area contributed by atoms with Crippen molar-refractivity contribution in [2.45, 2.75) is 109 Å². The Morgan fingerprint density at radius 3 is 2.15 bits per heavy atom. The van der Waals surface area contributed by atoms with E-state index < -0.39 is 0 Å². The van der Waals surface area contributed by atoms with Gasteiger partial charge in [0.15, 0.2) is 0 Å². The third-order valence-corrected chi connectivity index (χ3v) is 13.3. The van der Waals surface area contributed by atoms with Gasteiger partial charge in [-0.2, -0.15) is 0 Å². The number of halogens is 1. The van der Waals surface area contributed by atoms with Crippen molar-refractivity contribution in [2.24, 2.45) is 34.5 Å². The molecule has 4 saturated carbocycles. The number of piperidine rings is 1. The number of carbonyl (C=O) groups is 1. The molecule has 5 unspecified atom stereocenters. The Kier molecular flexibility index (Phi) is 8.85. The van der Waals surface area contributed by atoms with E-state index in [0.717, 1.165) is 75.9 Å². The van der Waals surface area contributed by atoms with Crippen LogP contribution in [0.4, 0.5) is 0 Å². The van der Waals surface area contributed by atoms with Crippen molar-refractivity contribution in [3.8, 4) is 0 Å². The molecule has 0 aromatic heterocycles. The van der Waals surface area contributed by atoms with Gasteiger partial charge in [0.05, 0.1) is 39.4 Å². The summed E-state index contributed by atoms with van der Waals surface area (Å²) in [5.41, 5.74) is 0.310. The lowest BCUT2D eigenvalue weighted by Gasteiger charge is -2.62. The Morgan fingerprint density at radius 2 is 1.50 bits per heavy atom. The molecule has 2 N–H and O–H groups in total. The Bertz CT molecular complexity index is 918. The molecule has 0 aromatic rings. The molecule has 2 heterocycles. The zero-order valence-corrected chi connectivity index (χ0v) is 27.3. The third-order valence-electron chi connectivity index (χ3n) is 13.3. The molecule has 6 fully saturated rings. The Balaban J connectivity index is 0.00000323. The zero-order chi connectivity index (χ0) is 27.7. The highest BCUT2D eigenvalue weighted by Crippen LogP contribution is 2.67. The van der Waals surface area contributed by atoms with E-state index in [1.54, 1.807) is 6.92 Å². The second-order valence-corrected chi connectivity index (χ2v) is 15.8. The number of likely N-dealkylation sites (N-methyl/N-ethyl adjacent to an activating group) is 1. The van der Waals surface area contributed by atoms with E-state index in [1.165, 1.54) is 25.7 Å². The summed E-state index contributed by atoms with van der Waals surface area (Å²) >= 11 is 0. The number of quaternary nitrogens is 1. The fourth-order valence-corrected chi connectivity index (χ4v) is 10.9. The minimum absolute atomic E-state index is 0. The van der Waals surface area contributed by atoms with Gasteiger partial charge in [0.1, 0.15) is 6.10 Å². The van der Waals surface area contributed by atoms with Crippen LogP contribution in [0, 0.1) is 34.5 Å². The summed E-state index contributed by atoms with van der Waals surface area (Å²) in [5, 5.41) is 21.4. The van der Waals surface area contributed by atoms with Crippen molar-refractivity contribution < 1.29 is 41.2 Å². The van der Waals surface area contributed by atoms with Crippen molar-refractivity contribution in [3.05, 3.63) is 0 Å². The highest BCUT2D eigenvalue weighted by Gasteiger charge is 2.65. The standard InChI is InChI=1S/C32H56N3O4.BrH/c1-21(36)39-30-27(34-14-16-35(4,5)17-15-34)19-26-24-7-6-22-18-29(38)28(33-12-9-23(37)10-13-33)20-32(22,3)25(24)8-11-31(26,30)2;/h22-30,37-38H,6-20H2,1-5H3;1H/q+1;/p-1/t22?,24-,25-,26+,27?,28?,29?,30?,31+,32+;/m1./s1. The van der Waals surface area contributed by atoms with Crippen LogP contribution in [0.1, 0.15) is 78.6 Å².